The van der Waals surface area contributed by atoms with E-state index in [1.54, 1.807) is 19.1 Å². The number of aliphatic hydroxyl groups is 1. The van der Waals surface area contributed by atoms with E-state index in [9.17, 15) is 23.1 Å². The van der Waals surface area contributed by atoms with Crippen LogP contribution < -0.4 is 0 Å². The third kappa shape index (κ3) is 2.92. The molecule has 2 saturated carbocycles. The van der Waals surface area contributed by atoms with Crippen LogP contribution in [-0.2, 0) is 11.0 Å². The van der Waals surface area contributed by atoms with Gasteiger partial charge in [0.15, 0.2) is 0 Å². The number of aryl methyl sites for hydroxylation is 1. The van der Waals surface area contributed by atoms with Gasteiger partial charge in [-0.1, -0.05) is 12.1 Å². The minimum absolute atomic E-state index is 0.0651. The Morgan fingerprint density at radius 2 is 1.81 bits per heavy atom. The molecule has 1 aromatic carbocycles. The first-order valence-electron chi connectivity index (χ1n) is 9.17. The van der Waals surface area contributed by atoms with Crippen LogP contribution in [-0.4, -0.2) is 34.6 Å². The first kappa shape index (κ1) is 17.8. The molecule has 0 bridgehead atoms. The molecule has 0 unspecified atom stereocenters. The van der Waals surface area contributed by atoms with Crippen molar-refractivity contribution >= 4 is 5.91 Å². The van der Waals surface area contributed by atoms with Crippen molar-refractivity contribution in [2.24, 2.45) is 11.3 Å². The Morgan fingerprint density at radius 1 is 1.19 bits per heavy atom. The highest BCUT2D eigenvalue weighted by Crippen LogP contribution is 2.57. The number of rotatable bonds is 2. The Bertz CT molecular complexity index is 734. The maximum Gasteiger partial charge on any atom is 0.416 e. The van der Waals surface area contributed by atoms with E-state index < -0.39 is 17.3 Å². The van der Waals surface area contributed by atoms with Gasteiger partial charge in [0.05, 0.1) is 11.2 Å². The summed E-state index contributed by atoms with van der Waals surface area (Å²) >= 11 is 0. The van der Waals surface area contributed by atoms with Crippen molar-refractivity contribution in [1.29, 1.82) is 0 Å². The molecule has 0 aromatic heterocycles. The number of nitrogens with zero attached hydrogens (tertiary/aromatic N) is 1. The van der Waals surface area contributed by atoms with E-state index in [4.69, 9.17) is 0 Å². The molecule has 0 atom stereocenters. The Hall–Kier alpha value is -1.56. The summed E-state index contributed by atoms with van der Waals surface area (Å²) in [5.74, 6) is 0.211. The second-order valence-corrected chi connectivity index (χ2v) is 8.97. The van der Waals surface area contributed by atoms with Crippen molar-refractivity contribution in [1.82, 2.24) is 4.90 Å². The topological polar surface area (TPSA) is 40.5 Å². The van der Waals surface area contributed by atoms with E-state index >= 15 is 0 Å². The largest absolute Gasteiger partial charge is 0.416 e. The van der Waals surface area contributed by atoms with Gasteiger partial charge in [-0.2, -0.15) is 13.2 Å². The molecule has 1 amide bonds. The highest BCUT2D eigenvalue weighted by Gasteiger charge is 2.56. The van der Waals surface area contributed by atoms with Crippen molar-refractivity contribution in [3.05, 3.63) is 34.9 Å². The standard InChI is InChI=1S/C20H24F3NO2/c1-12-3-4-13(5-16(12)20(21,22)23)14-8-19(9-14)10-24(11-19)17(25)15-6-18(2,26)7-15/h3-5,14-15,26H,6-11H2,1-2H3. The number of amides is 1. The van der Waals surface area contributed by atoms with Gasteiger partial charge in [-0.3, -0.25) is 4.79 Å². The van der Waals surface area contributed by atoms with Crippen LogP contribution in [0.1, 0.15) is 55.2 Å². The third-order valence-electron chi connectivity index (χ3n) is 6.48. The lowest BCUT2D eigenvalue weighted by molar-refractivity contribution is -0.168. The molecule has 1 N–H and O–H groups in total. The van der Waals surface area contributed by atoms with Crippen LogP contribution in [0.5, 0.6) is 0 Å². The number of carbonyl (C=O) groups is 1. The van der Waals surface area contributed by atoms with Crippen LogP contribution in [0.2, 0.25) is 0 Å². The van der Waals surface area contributed by atoms with Gasteiger partial charge in [-0.15, -0.1) is 0 Å². The minimum atomic E-state index is -4.31. The summed E-state index contributed by atoms with van der Waals surface area (Å²) < 4.78 is 39.3. The van der Waals surface area contributed by atoms with Gasteiger partial charge < -0.3 is 10.0 Å². The predicted octanol–water partition coefficient (Wildman–Crippen LogP) is 3.88. The number of hydrogen-bond acceptors (Lipinski definition) is 2. The summed E-state index contributed by atoms with van der Waals surface area (Å²) in [4.78, 5) is 14.2. The van der Waals surface area contributed by atoms with Crippen molar-refractivity contribution < 1.29 is 23.1 Å². The van der Waals surface area contributed by atoms with Crippen molar-refractivity contribution in [2.45, 2.75) is 57.2 Å². The van der Waals surface area contributed by atoms with Crippen LogP contribution in [0, 0.1) is 18.3 Å². The second-order valence-electron chi connectivity index (χ2n) is 8.97. The molecule has 0 radical (unpaired) electrons. The Morgan fingerprint density at radius 3 is 2.35 bits per heavy atom. The first-order valence-corrected chi connectivity index (χ1v) is 9.17. The van der Waals surface area contributed by atoms with Gasteiger partial charge in [0.1, 0.15) is 0 Å². The lowest BCUT2D eigenvalue weighted by Crippen LogP contribution is -2.65. The SMILES string of the molecule is Cc1ccc(C2CC3(C2)CN(C(=O)C2CC(C)(O)C2)C3)cc1C(F)(F)F. The molecular weight excluding hydrogens is 343 g/mol. The number of likely N-dealkylation sites (tertiary alicyclic amines) is 1. The van der Waals surface area contributed by atoms with E-state index in [1.165, 1.54) is 13.0 Å². The van der Waals surface area contributed by atoms with E-state index in [0.717, 1.165) is 18.4 Å². The number of benzene rings is 1. The van der Waals surface area contributed by atoms with Crippen LogP contribution in [0.15, 0.2) is 18.2 Å². The van der Waals surface area contributed by atoms with Gasteiger partial charge in [-0.05, 0) is 62.6 Å². The number of carbonyl (C=O) groups excluding carboxylic acids is 1. The smallest absolute Gasteiger partial charge is 0.390 e. The highest BCUT2D eigenvalue weighted by molar-refractivity contribution is 5.81. The van der Waals surface area contributed by atoms with E-state index in [0.29, 0.717) is 25.9 Å². The maximum atomic E-state index is 13.1. The molecule has 1 saturated heterocycles. The van der Waals surface area contributed by atoms with Crippen molar-refractivity contribution in [2.75, 3.05) is 13.1 Å². The van der Waals surface area contributed by atoms with Crippen LogP contribution in [0.4, 0.5) is 13.2 Å². The summed E-state index contributed by atoms with van der Waals surface area (Å²) in [6.07, 6.45) is -1.56. The fourth-order valence-electron chi connectivity index (χ4n) is 5.03. The molecular formula is C20H24F3NO2. The fourth-order valence-corrected chi connectivity index (χ4v) is 5.03. The fraction of sp³-hybridized carbons (Fsp3) is 0.650. The molecule has 3 aliphatic rings. The number of hydrogen-bond donors (Lipinski definition) is 1. The Balaban J connectivity index is 1.34. The van der Waals surface area contributed by atoms with E-state index in [1.807, 2.05) is 4.90 Å². The van der Waals surface area contributed by atoms with Gasteiger partial charge >= 0.3 is 6.18 Å². The Kier molecular flexibility index (Phi) is 3.75. The molecule has 1 aliphatic heterocycles. The van der Waals surface area contributed by atoms with Crippen LogP contribution >= 0.6 is 0 Å². The molecule has 2 aliphatic carbocycles. The van der Waals surface area contributed by atoms with E-state index in [2.05, 4.69) is 0 Å². The average molecular weight is 367 g/mol. The first-order chi connectivity index (χ1) is 12.0. The summed E-state index contributed by atoms with van der Waals surface area (Å²) in [5.41, 5.74) is -0.138. The third-order valence-corrected chi connectivity index (χ3v) is 6.48. The minimum Gasteiger partial charge on any atom is -0.390 e. The zero-order chi connectivity index (χ0) is 18.9. The summed E-state index contributed by atoms with van der Waals surface area (Å²) in [6.45, 7) is 4.65. The molecule has 1 aromatic rings. The zero-order valence-electron chi connectivity index (χ0n) is 15.1. The molecule has 4 rings (SSSR count). The van der Waals surface area contributed by atoms with Crippen molar-refractivity contribution in [3.8, 4) is 0 Å². The summed E-state index contributed by atoms with van der Waals surface area (Å²) in [5, 5.41) is 9.77. The summed E-state index contributed by atoms with van der Waals surface area (Å²) in [6, 6.07) is 4.66. The van der Waals surface area contributed by atoms with Crippen LogP contribution in [0.3, 0.4) is 0 Å². The lowest BCUT2D eigenvalue weighted by atomic mass is 9.55. The molecule has 6 heteroatoms. The predicted molar refractivity (Wildman–Crippen MR) is 90.5 cm³/mol. The summed E-state index contributed by atoms with van der Waals surface area (Å²) in [7, 11) is 0. The number of alkyl halides is 3. The molecule has 1 spiro atoms. The normalized spacial score (nSPS) is 30.5. The number of halogens is 3. The van der Waals surface area contributed by atoms with Gasteiger partial charge in [0.25, 0.3) is 0 Å². The quantitative estimate of drug-likeness (QED) is 0.862. The van der Waals surface area contributed by atoms with Crippen molar-refractivity contribution in [3.63, 3.8) is 0 Å². The van der Waals surface area contributed by atoms with Gasteiger partial charge in [-0.25, -0.2) is 0 Å². The molecule has 3 fully saturated rings. The molecule has 142 valence electrons. The molecule has 1 heterocycles. The van der Waals surface area contributed by atoms with Gasteiger partial charge in [0.2, 0.25) is 5.91 Å². The average Bonchev–Trinajstić information content (AvgIpc) is 2.41. The monoisotopic (exact) mass is 367 g/mol. The molecule has 3 nitrogen and oxygen atoms in total. The van der Waals surface area contributed by atoms with Gasteiger partial charge in [0, 0.05) is 24.4 Å². The molecule has 26 heavy (non-hydrogen) atoms. The Labute approximate surface area is 151 Å². The zero-order valence-corrected chi connectivity index (χ0v) is 15.1. The van der Waals surface area contributed by atoms with Crippen LogP contribution in [0.25, 0.3) is 0 Å². The second kappa shape index (κ2) is 5.47. The van der Waals surface area contributed by atoms with E-state index in [-0.39, 0.29) is 28.7 Å². The lowest BCUT2D eigenvalue weighted by Gasteiger charge is -2.60. The maximum absolute atomic E-state index is 13.1. The highest BCUT2D eigenvalue weighted by atomic mass is 19.4.